The minimum absolute atomic E-state index is 0.00121. The Balaban J connectivity index is 1.91. The third kappa shape index (κ3) is 3.55. The lowest BCUT2D eigenvalue weighted by Crippen LogP contribution is -2.42. The zero-order chi connectivity index (χ0) is 14.5. The summed E-state index contributed by atoms with van der Waals surface area (Å²) in [4.78, 5) is 11.7. The van der Waals surface area contributed by atoms with Gasteiger partial charge in [0.05, 0.1) is 11.1 Å². The van der Waals surface area contributed by atoms with Crippen molar-refractivity contribution in [1.29, 1.82) is 0 Å². The van der Waals surface area contributed by atoms with Crippen LogP contribution in [0.3, 0.4) is 0 Å². The van der Waals surface area contributed by atoms with E-state index in [0.717, 1.165) is 12.0 Å². The van der Waals surface area contributed by atoms with Gasteiger partial charge in [0, 0.05) is 13.1 Å². The van der Waals surface area contributed by atoms with Crippen LogP contribution in [0, 0.1) is 0 Å². The fraction of sp³-hybridized carbons (Fsp3) is 0.500. The lowest BCUT2D eigenvalue weighted by Gasteiger charge is -2.14. The summed E-state index contributed by atoms with van der Waals surface area (Å²) >= 11 is 6.11. The van der Waals surface area contributed by atoms with E-state index in [4.69, 9.17) is 21.1 Å². The second-order valence-electron chi connectivity index (χ2n) is 4.71. The molecular formula is C14H19ClN2O3. The number of benzene rings is 1. The molecule has 0 aromatic heterocycles. The Labute approximate surface area is 123 Å². The molecule has 1 heterocycles. The predicted octanol–water partition coefficient (Wildman–Crippen LogP) is 2.07. The van der Waals surface area contributed by atoms with Crippen LogP contribution in [0.5, 0.6) is 11.5 Å². The molecule has 1 unspecified atom stereocenters. The van der Waals surface area contributed by atoms with Gasteiger partial charge in [0.15, 0.2) is 11.5 Å². The second-order valence-corrected chi connectivity index (χ2v) is 5.11. The number of hydrogen-bond acceptors (Lipinski definition) is 4. The normalized spacial score (nSPS) is 14.2. The molecule has 1 aromatic rings. The maximum atomic E-state index is 11.7. The quantitative estimate of drug-likeness (QED) is 0.844. The molecule has 0 radical (unpaired) electrons. The summed E-state index contributed by atoms with van der Waals surface area (Å²) in [6.45, 7) is 5.28. The minimum Gasteiger partial charge on any atom is -0.454 e. The highest BCUT2D eigenvalue weighted by Gasteiger charge is 2.19. The van der Waals surface area contributed by atoms with Crippen LogP contribution in [0.4, 0.5) is 0 Å². The molecule has 1 amide bonds. The number of halogens is 1. The fourth-order valence-electron chi connectivity index (χ4n) is 1.89. The first kappa shape index (κ1) is 14.9. The highest BCUT2D eigenvalue weighted by atomic mass is 35.5. The van der Waals surface area contributed by atoms with Gasteiger partial charge in [-0.1, -0.05) is 18.5 Å². The molecule has 6 heteroatoms. The van der Waals surface area contributed by atoms with E-state index in [0.29, 0.717) is 29.6 Å². The molecule has 2 rings (SSSR count). The molecule has 0 saturated heterocycles. The predicted molar refractivity (Wildman–Crippen MR) is 77.2 cm³/mol. The summed E-state index contributed by atoms with van der Waals surface area (Å²) in [5, 5.41) is 6.54. The van der Waals surface area contributed by atoms with Crippen molar-refractivity contribution in [2.45, 2.75) is 32.9 Å². The van der Waals surface area contributed by atoms with Crippen molar-refractivity contribution in [3.8, 4) is 11.5 Å². The molecule has 0 spiro atoms. The SMILES string of the molecule is CCCNC(=O)C(C)NCc1cc(Cl)c2c(c1)OCO2. The lowest BCUT2D eigenvalue weighted by molar-refractivity contribution is -0.122. The first-order valence-corrected chi connectivity index (χ1v) is 7.08. The van der Waals surface area contributed by atoms with Crippen molar-refractivity contribution < 1.29 is 14.3 Å². The Morgan fingerprint density at radius 2 is 2.25 bits per heavy atom. The van der Waals surface area contributed by atoms with Crippen LogP contribution in [0.1, 0.15) is 25.8 Å². The Morgan fingerprint density at radius 3 is 3.00 bits per heavy atom. The van der Waals surface area contributed by atoms with Gasteiger partial charge in [0.25, 0.3) is 0 Å². The number of nitrogens with one attached hydrogen (secondary N) is 2. The second kappa shape index (κ2) is 6.81. The first-order chi connectivity index (χ1) is 9.61. The smallest absolute Gasteiger partial charge is 0.236 e. The molecule has 2 N–H and O–H groups in total. The Morgan fingerprint density at radius 1 is 1.45 bits per heavy atom. The molecule has 0 bridgehead atoms. The zero-order valence-electron chi connectivity index (χ0n) is 11.7. The Kier molecular flexibility index (Phi) is 5.09. The van der Waals surface area contributed by atoms with Crippen molar-refractivity contribution in [1.82, 2.24) is 10.6 Å². The van der Waals surface area contributed by atoms with Crippen LogP contribution >= 0.6 is 11.6 Å². The van der Waals surface area contributed by atoms with E-state index in [1.165, 1.54) is 0 Å². The number of carbonyl (C=O) groups excluding carboxylic acids is 1. The van der Waals surface area contributed by atoms with Gasteiger partial charge in [-0.3, -0.25) is 4.79 Å². The van der Waals surface area contributed by atoms with Crippen molar-refractivity contribution in [3.05, 3.63) is 22.7 Å². The number of carbonyl (C=O) groups is 1. The summed E-state index contributed by atoms with van der Waals surface area (Å²) in [5.41, 5.74) is 0.953. The van der Waals surface area contributed by atoms with Crippen LogP contribution in [-0.2, 0) is 11.3 Å². The van der Waals surface area contributed by atoms with Crippen LogP contribution in [0.15, 0.2) is 12.1 Å². The van der Waals surface area contributed by atoms with E-state index < -0.39 is 0 Å². The highest BCUT2D eigenvalue weighted by Crippen LogP contribution is 2.39. The number of hydrogen-bond donors (Lipinski definition) is 2. The molecule has 0 saturated carbocycles. The van der Waals surface area contributed by atoms with Gasteiger partial charge in [-0.15, -0.1) is 0 Å². The van der Waals surface area contributed by atoms with Gasteiger partial charge in [0.2, 0.25) is 12.7 Å². The molecule has 5 nitrogen and oxygen atoms in total. The molecule has 1 atom stereocenters. The molecular weight excluding hydrogens is 280 g/mol. The Bertz CT molecular complexity index is 494. The van der Waals surface area contributed by atoms with Gasteiger partial charge in [0.1, 0.15) is 0 Å². The van der Waals surface area contributed by atoms with Crippen molar-refractivity contribution >= 4 is 17.5 Å². The molecule has 0 aliphatic carbocycles. The van der Waals surface area contributed by atoms with Crippen LogP contribution in [-0.4, -0.2) is 25.3 Å². The maximum Gasteiger partial charge on any atom is 0.236 e. The van der Waals surface area contributed by atoms with Crippen molar-refractivity contribution in [2.75, 3.05) is 13.3 Å². The van der Waals surface area contributed by atoms with Crippen LogP contribution in [0.25, 0.3) is 0 Å². The maximum absolute atomic E-state index is 11.7. The number of amides is 1. The summed E-state index contributed by atoms with van der Waals surface area (Å²) in [6.07, 6.45) is 0.927. The summed E-state index contributed by atoms with van der Waals surface area (Å²) < 4.78 is 10.6. The minimum atomic E-state index is -0.259. The average molecular weight is 299 g/mol. The van der Waals surface area contributed by atoms with Crippen molar-refractivity contribution in [2.24, 2.45) is 0 Å². The number of ether oxygens (including phenoxy) is 2. The van der Waals surface area contributed by atoms with Gasteiger partial charge in [-0.05, 0) is 31.0 Å². The molecule has 1 aliphatic rings. The molecule has 1 aliphatic heterocycles. The van der Waals surface area contributed by atoms with Crippen LogP contribution < -0.4 is 20.1 Å². The topological polar surface area (TPSA) is 59.6 Å². The summed E-state index contributed by atoms with van der Waals surface area (Å²) in [7, 11) is 0. The first-order valence-electron chi connectivity index (χ1n) is 6.71. The van der Waals surface area contributed by atoms with E-state index in [-0.39, 0.29) is 18.7 Å². The van der Waals surface area contributed by atoms with Gasteiger partial charge >= 0.3 is 0 Å². The van der Waals surface area contributed by atoms with Gasteiger partial charge in [-0.2, -0.15) is 0 Å². The zero-order valence-corrected chi connectivity index (χ0v) is 12.4. The fourth-order valence-corrected chi connectivity index (χ4v) is 2.18. The van der Waals surface area contributed by atoms with Crippen molar-refractivity contribution in [3.63, 3.8) is 0 Å². The molecule has 110 valence electrons. The third-order valence-electron chi connectivity index (χ3n) is 3.04. The standard InChI is InChI=1S/C14H19ClN2O3/c1-3-4-16-14(18)9(2)17-7-10-5-11(15)13-12(6-10)19-8-20-13/h5-6,9,17H,3-4,7-8H2,1-2H3,(H,16,18). The molecule has 0 fully saturated rings. The van der Waals surface area contributed by atoms with E-state index in [9.17, 15) is 4.79 Å². The van der Waals surface area contributed by atoms with Gasteiger partial charge < -0.3 is 20.1 Å². The number of rotatable bonds is 6. The Hall–Kier alpha value is -1.46. The third-order valence-corrected chi connectivity index (χ3v) is 3.32. The average Bonchev–Trinajstić information content (AvgIpc) is 2.91. The highest BCUT2D eigenvalue weighted by molar-refractivity contribution is 6.32. The molecule has 1 aromatic carbocycles. The lowest BCUT2D eigenvalue weighted by atomic mass is 10.2. The number of fused-ring (bicyclic) bond motifs is 1. The van der Waals surface area contributed by atoms with E-state index in [1.807, 2.05) is 26.0 Å². The summed E-state index contributed by atoms with van der Waals surface area (Å²) in [5.74, 6) is 1.24. The largest absolute Gasteiger partial charge is 0.454 e. The monoisotopic (exact) mass is 298 g/mol. The van der Waals surface area contributed by atoms with E-state index >= 15 is 0 Å². The van der Waals surface area contributed by atoms with Gasteiger partial charge in [-0.25, -0.2) is 0 Å². The van der Waals surface area contributed by atoms with E-state index in [2.05, 4.69) is 10.6 Å². The molecule has 20 heavy (non-hydrogen) atoms. The van der Waals surface area contributed by atoms with E-state index in [1.54, 1.807) is 0 Å². The summed E-state index contributed by atoms with van der Waals surface area (Å²) in [6, 6.07) is 3.43. The van der Waals surface area contributed by atoms with Crippen LogP contribution in [0.2, 0.25) is 5.02 Å².